The Labute approximate surface area is 97.5 Å². The van der Waals surface area contributed by atoms with E-state index >= 15 is 0 Å². The third-order valence-electron chi connectivity index (χ3n) is 2.38. The standard InChI is InChI=1S/C13H9ClF2/c14-8-10-6-5-9(7-13(10)16)11-3-1-2-4-12(11)15/h1-7H,8H2. The molecule has 3 heteroatoms. The number of benzene rings is 2. The average Bonchev–Trinajstić information content (AvgIpc) is 2.29. The molecule has 0 aliphatic rings. The molecule has 0 aliphatic heterocycles. The van der Waals surface area contributed by atoms with Crippen molar-refractivity contribution in [1.82, 2.24) is 0 Å². The van der Waals surface area contributed by atoms with Gasteiger partial charge in [-0.3, -0.25) is 0 Å². The van der Waals surface area contributed by atoms with Crippen LogP contribution in [0.5, 0.6) is 0 Å². The Morgan fingerprint density at radius 1 is 0.938 bits per heavy atom. The maximum absolute atomic E-state index is 13.5. The van der Waals surface area contributed by atoms with Gasteiger partial charge in [-0.1, -0.05) is 30.3 Å². The molecule has 2 aromatic rings. The third kappa shape index (κ3) is 2.07. The molecule has 2 aromatic carbocycles. The molecule has 0 fully saturated rings. The first-order valence-corrected chi connectivity index (χ1v) is 5.35. The average molecular weight is 239 g/mol. The Balaban J connectivity index is 2.50. The lowest BCUT2D eigenvalue weighted by molar-refractivity contribution is 0.616. The number of hydrogen-bond donors (Lipinski definition) is 0. The molecule has 0 aromatic heterocycles. The maximum atomic E-state index is 13.5. The fourth-order valence-electron chi connectivity index (χ4n) is 1.52. The number of hydrogen-bond acceptors (Lipinski definition) is 0. The predicted molar refractivity (Wildman–Crippen MR) is 61.4 cm³/mol. The van der Waals surface area contributed by atoms with Gasteiger partial charge in [0.2, 0.25) is 0 Å². The molecule has 0 aliphatic carbocycles. The Morgan fingerprint density at radius 2 is 1.69 bits per heavy atom. The van der Waals surface area contributed by atoms with Crippen LogP contribution in [-0.4, -0.2) is 0 Å². The van der Waals surface area contributed by atoms with Gasteiger partial charge in [0.15, 0.2) is 0 Å². The zero-order valence-electron chi connectivity index (χ0n) is 8.38. The largest absolute Gasteiger partial charge is 0.207 e. The van der Waals surface area contributed by atoms with E-state index in [9.17, 15) is 8.78 Å². The Kier molecular flexibility index (Phi) is 3.20. The number of alkyl halides is 1. The molecule has 0 atom stereocenters. The molecule has 2 rings (SSSR count). The molecule has 82 valence electrons. The monoisotopic (exact) mass is 238 g/mol. The van der Waals surface area contributed by atoms with E-state index in [4.69, 9.17) is 11.6 Å². The van der Waals surface area contributed by atoms with Gasteiger partial charge in [0.1, 0.15) is 11.6 Å². The zero-order chi connectivity index (χ0) is 11.5. The second-order valence-electron chi connectivity index (χ2n) is 3.42. The van der Waals surface area contributed by atoms with E-state index in [1.807, 2.05) is 0 Å². The summed E-state index contributed by atoms with van der Waals surface area (Å²) >= 11 is 5.55. The van der Waals surface area contributed by atoms with Crippen LogP contribution in [0.4, 0.5) is 8.78 Å². The second kappa shape index (κ2) is 4.62. The highest BCUT2D eigenvalue weighted by Crippen LogP contribution is 2.24. The van der Waals surface area contributed by atoms with Crippen molar-refractivity contribution in [1.29, 1.82) is 0 Å². The van der Waals surface area contributed by atoms with Crippen molar-refractivity contribution in [3.63, 3.8) is 0 Å². The molecule has 0 saturated heterocycles. The minimum atomic E-state index is -0.407. The molecule has 0 bridgehead atoms. The van der Waals surface area contributed by atoms with Crippen LogP contribution in [0.15, 0.2) is 42.5 Å². The molecule has 0 N–H and O–H groups in total. The second-order valence-corrected chi connectivity index (χ2v) is 3.69. The Hall–Kier alpha value is -1.41. The van der Waals surface area contributed by atoms with E-state index in [0.29, 0.717) is 16.7 Å². The van der Waals surface area contributed by atoms with Gasteiger partial charge >= 0.3 is 0 Å². The van der Waals surface area contributed by atoms with Gasteiger partial charge in [0.05, 0.1) is 5.88 Å². The van der Waals surface area contributed by atoms with Crippen LogP contribution >= 0.6 is 11.6 Å². The smallest absolute Gasteiger partial charge is 0.131 e. The normalized spacial score (nSPS) is 10.4. The topological polar surface area (TPSA) is 0 Å². The minimum Gasteiger partial charge on any atom is -0.207 e. The fourth-order valence-corrected chi connectivity index (χ4v) is 1.74. The molecule has 0 amide bonds. The SMILES string of the molecule is Fc1cc(-c2ccccc2F)ccc1CCl. The molecule has 0 saturated carbocycles. The van der Waals surface area contributed by atoms with Crippen molar-refractivity contribution in [2.75, 3.05) is 0 Å². The molecule has 0 unspecified atom stereocenters. The van der Waals surface area contributed by atoms with Crippen LogP contribution in [0.3, 0.4) is 0 Å². The molecule has 0 radical (unpaired) electrons. The Bertz CT molecular complexity index is 509. The van der Waals surface area contributed by atoms with Gasteiger partial charge in [-0.2, -0.15) is 0 Å². The lowest BCUT2D eigenvalue weighted by Crippen LogP contribution is -1.89. The summed E-state index contributed by atoms with van der Waals surface area (Å²) in [7, 11) is 0. The quantitative estimate of drug-likeness (QED) is 0.682. The maximum Gasteiger partial charge on any atom is 0.131 e. The lowest BCUT2D eigenvalue weighted by atomic mass is 10.0. The van der Waals surface area contributed by atoms with Crippen molar-refractivity contribution in [3.05, 3.63) is 59.7 Å². The summed E-state index contributed by atoms with van der Waals surface area (Å²) in [5.74, 6) is -0.653. The summed E-state index contributed by atoms with van der Waals surface area (Å²) in [6.45, 7) is 0. The molecule has 0 nitrogen and oxygen atoms in total. The highest BCUT2D eigenvalue weighted by molar-refractivity contribution is 6.17. The van der Waals surface area contributed by atoms with Crippen LogP contribution in [-0.2, 0) is 5.88 Å². The Morgan fingerprint density at radius 3 is 2.31 bits per heavy atom. The summed E-state index contributed by atoms with van der Waals surface area (Å²) < 4.78 is 26.9. The van der Waals surface area contributed by atoms with Crippen molar-refractivity contribution in [2.24, 2.45) is 0 Å². The van der Waals surface area contributed by atoms with Crippen molar-refractivity contribution >= 4 is 11.6 Å². The van der Waals surface area contributed by atoms with Crippen LogP contribution in [0.2, 0.25) is 0 Å². The first-order chi connectivity index (χ1) is 7.72. The van der Waals surface area contributed by atoms with Crippen molar-refractivity contribution in [3.8, 4) is 11.1 Å². The first kappa shape index (κ1) is 11.1. The van der Waals surface area contributed by atoms with Gasteiger partial charge in [0, 0.05) is 11.1 Å². The lowest BCUT2D eigenvalue weighted by Gasteiger charge is -2.05. The molecular weight excluding hydrogens is 230 g/mol. The van der Waals surface area contributed by atoms with Crippen molar-refractivity contribution in [2.45, 2.75) is 5.88 Å². The third-order valence-corrected chi connectivity index (χ3v) is 2.67. The highest BCUT2D eigenvalue weighted by Gasteiger charge is 2.07. The van der Waals surface area contributed by atoms with E-state index < -0.39 is 5.82 Å². The van der Waals surface area contributed by atoms with Gasteiger partial charge in [-0.25, -0.2) is 8.78 Å². The highest BCUT2D eigenvalue weighted by atomic mass is 35.5. The van der Waals surface area contributed by atoms with E-state index in [-0.39, 0.29) is 11.7 Å². The molecule has 0 spiro atoms. The number of halogens is 3. The van der Waals surface area contributed by atoms with E-state index in [0.717, 1.165) is 0 Å². The fraction of sp³-hybridized carbons (Fsp3) is 0.0769. The first-order valence-electron chi connectivity index (χ1n) is 4.81. The zero-order valence-corrected chi connectivity index (χ0v) is 9.14. The molecule has 0 heterocycles. The summed E-state index contributed by atoms with van der Waals surface area (Å²) in [5, 5.41) is 0. The van der Waals surface area contributed by atoms with Crippen LogP contribution in [0.1, 0.15) is 5.56 Å². The van der Waals surface area contributed by atoms with Crippen molar-refractivity contribution < 1.29 is 8.78 Å². The predicted octanol–water partition coefficient (Wildman–Crippen LogP) is 4.37. The summed E-state index contributed by atoms with van der Waals surface area (Å²) in [6.07, 6.45) is 0. The van der Waals surface area contributed by atoms with E-state index in [1.165, 1.54) is 12.1 Å². The number of rotatable bonds is 2. The summed E-state index contributed by atoms with van der Waals surface area (Å²) in [4.78, 5) is 0. The van der Waals surface area contributed by atoms with Crippen LogP contribution in [0.25, 0.3) is 11.1 Å². The van der Waals surface area contributed by atoms with Crippen LogP contribution in [0, 0.1) is 11.6 Å². The van der Waals surface area contributed by atoms with E-state index in [2.05, 4.69) is 0 Å². The molecule has 16 heavy (non-hydrogen) atoms. The van der Waals surface area contributed by atoms with Crippen LogP contribution < -0.4 is 0 Å². The van der Waals surface area contributed by atoms with Gasteiger partial charge in [0.25, 0.3) is 0 Å². The molecular formula is C13H9ClF2. The summed E-state index contributed by atoms with van der Waals surface area (Å²) in [5.41, 5.74) is 1.33. The minimum absolute atomic E-state index is 0.114. The van der Waals surface area contributed by atoms with Gasteiger partial charge < -0.3 is 0 Å². The van der Waals surface area contributed by atoms with Gasteiger partial charge in [-0.05, 0) is 17.7 Å². The summed E-state index contributed by atoms with van der Waals surface area (Å²) in [6, 6.07) is 10.8. The van der Waals surface area contributed by atoms with E-state index in [1.54, 1.807) is 30.3 Å². The van der Waals surface area contributed by atoms with Gasteiger partial charge in [-0.15, -0.1) is 11.6 Å².